The molecule has 0 fully saturated rings. The van der Waals surface area contributed by atoms with Gasteiger partial charge < -0.3 is 19.7 Å². The third-order valence-electron chi connectivity index (χ3n) is 2.57. The van der Waals surface area contributed by atoms with Gasteiger partial charge in [0.25, 0.3) is 0 Å². The predicted octanol–water partition coefficient (Wildman–Crippen LogP) is 1.71. The second-order valence-electron chi connectivity index (χ2n) is 4.22. The summed E-state index contributed by atoms with van der Waals surface area (Å²) in [7, 11) is 1.31. The van der Waals surface area contributed by atoms with Crippen LogP contribution in [0.3, 0.4) is 0 Å². The van der Waals surface area contributed by atoms with Crippen LogP contribution >= 0.6 is 0 Å². The largest absolute Gasteiger partial charge is 0.466 e. The standard InChI is InChI=1S/C11H20O4.C4H6O2/c1-4-6-7-8-15-10(12)9(3)11(13,14)5-2;1-3-4(5)6-2/h13-14H,3-8H2,1-2H3;3H,1H2,2H3. The number of rotatable bonds is 8. The quantitative estimate of drug-likeness (QED) is 0.307. The van der Waals surface area contributed by atoms with Gasteiger partial charge in [-0.3, -0.25) is 0 Å². The second-order valence-corrected chi connectivity index (χ2v) is 4.22. The van der Waals surface area contributed by atoms with Gasteiger partial charge in [-0.15, -0.1) is 0 Å². The van der Waals surface area contributed by atoms with E-state index in [1.54, 1.807) is 6.92 Å². The molecule has 6 heteroatoms. The van der Waals surface area contributed by atoms with Gasteiger partial charge in [0, 0.05) is 12.5 Å². The fraction of sp³-hybridized carbons (Fsp3) is 0.600. The van der Waals surface area contributed by atoms with E-state index in [0.717, 1.165) is 25.3 Å². The molecule has 122 valence electrons. The van der Waals surface area contributed by atoms with E-state index < -0.39 is 17.7 Å². The molecule has 0 aromatic carbocycles. The zero-order chi connectivity index (χ0) is 16.9. The molecule has 0 spiro atoms. The summed E-state index contributed by atoms with van der Waals surface area (Å²) in [5.41, 5.74) is -0.304. The molecule has 2 N–H and O–H groups in total. The van der Waals surface area contributed by atoms with Crippen molar-refractivity contribution in [2.45, 2.75) is 45.3 Å². The lowest BCUT2D eigenvalue weighted by atomic mass is 10.1. The van der Waals surface area contributed by atoms with Gasteiger partial charge in [-0.2, -0.15) is 0 Å². The molecule has 0 amide bonds. The average molecular weight is 302 g/mol. The molecule has 0 aliphatic heterocycles. The molecule has 0 saturated carbocycles. The van der Waals surface area contributed by atoms with Crippen molar-refractivity contribution < 1.29 is 29.3 Å². The van der Waals surface area contributed by atoms with Gasteiger partial charge in [-0.25, -0.2) is 9.59 Å². The van der Waals surface area contributed by atoms with Crippen LogP contribution in [0.15, 0.2) is 24.8 Å². The van der Waals surface area contributed by atoms with E-state index in [1.807, 2.05) is 6.92 Å². The fourth-order valence-corrected chi connectivity index (χ4v) is 1.06. The summed E-state index contributed by atoms with van der Waals surface area (Å²) >= 11 is 0. The van der Waals surface area contributed by atoms with E-state index in [2.05, 4.69) is 17.9 Å². The average Bonchev–Trinajstić information content (AvgIpc) is 2.50. The minimum Gasteiger partial charge on any atom is -0.466 e. The van der Waals surface area contributed by atoms with Crippen LogP contribution in [-0.4, -0.2) is 41.7 Å². The van der Waals surface area contributed by atoms with E-state index in [-0.39, 0.29) is 12.0 Å². The topological polar surface area (TPSA) is 93.1 Å². The maximum absolute atomic E-state index is 11.3. The molecular formula is C15H26O6. The smallest absolute Gasteiger partial charge is 0.338 e. The number of aliphatic hydroxyl groups is 2. The van der Waals surface area contributed by atoms with Crippen LogP contribution < -0.4 is 0 Å². The summed E-state index contributed by atoms with van der Waals surface area (Å²) in [6, 6.07) is 0. The minimum atomic E-state index is -2.15. The van der Waals surface area contributed by atoms with Crippen molar-refractivity contribution in [3.63, 3.8) is 0 Å². The van der Waals surface area contributed by atoms with E-state index in [1.165, 1.54) is 7.11 Å². The summed E-state index contributed by atoms with van der Waals surface area (Å²) < 4.78 is 8.98. The van der Waals surface area contributed by atoms with Crippen molar-refractivity contribution in [1.29, 1.82) is 0 Å². The molecule has 0 heterocycles. The third kappa shape index (κ3) is 10.8. The molecule has 0 saturated heterocycles. The number of unbranched alkanes of at least 4 members (excludes halogenated alkanes) is 2. The maximum atomic E-state index is 11.3. The first-order valence-corrected chi connectivity index (χ1v) is 6.78. The molecule has 0 bridgehead atoms. The number of ether oxygens (including phenoxy) is 2. The van der Waals surface area contributed by atoms with Crippen molar-refractivity contribution in [1.82, 2.24) is 0 Å². The summed E-state index contributed by atoms with van der Waals surface area (Å²) in [6.45, 7) is 10.4. The lowest BCUT2D eigenvalue weighted by Crippen LogP contribution is -2.34. The molecule has 0 rings (SSSR count). The van der Waals surface area contributed by atoms with Crippen molar-refractivity contribution in [2.24, 2.45) is 0 Å². The van der Waals surface area contributed by atoms with Crippen molar-refractivity contribution in [2.75, 3.05) is 13.7 Å². The number of esters is 2. The Labute approximate surface area is 126 Å². The van der Waals surface area contributed by atoms with E-state index >= 15 is 0 Å². The Morgan fingerprint density at radius 1 is 1.24 bits per heavy atom. The Bertz CT molecular complexity index is 346. The summed E-state index contributed by atoms with van der Waals surface area (Å²) in [4.78, 5) is 21.1. The Morgan fingerprint density at radius 3 is 2.14 bits per heavy atom. The highest BCUT2D eigenvalue weighted by Crippen LogP contribution is 2.17. The van der Waals surface area contributed by atoms with E-state index in [4.69, 9.17) is 4.74 Å². The van der Waals surface area contributed by atoms with Crippen LogP contribution in [0.1, 0.15) is 39.5 Å². The Balaban J connectivity index is 0. The molecule has 0 aromatic heterocycles. The lowest BCUT2D eigenvalue weighted by Gasteiger charge is -2.20. The predicted molar refractivity (Wildman–Crippen MR) is 79.3 cm³/mol. The van der Waals surface area contributed by atoms with E-state index in [0.29, 0.717) is 6.61 Å². The van der Waals surface area contributed by atoms with Gasteiger partial charge in [0.05, 0.1) is 19.3 Å². The summed E-state index contributed by atoms with van der Waals surface area (Å²) in [5, 5.41) is 18.6. The number of carbonyl (C=O) groups is 2. The number of methoxy groups -OCH3 is 1. The third-order valence-corrected chi connectivity index (χ3v) is 2.57. The minimum absolute atomic E-state index is 0.00981. The molecule has 0 radical (unpaired) electrons. The fourth-order valence-electron chi connectivity index (χ4n) is 1.06. The van der Waals surface area contributed by atoms with Gasteiger partial charge in [0.2, 0.25) is 0 Å². The Hall–Kier alpha value is -1.66. The van der Waals surface area contributed by atoms with Crippen LogP contribution in [0.4, 0.5) is 0 Å². The highest BCUT2D eigenvalue weighted by Gasteiger charge is 2.30. The first-order chi connectivity index (χ1) is 9.76. The Morgan fingerprint density at radius 2 is 1.81 bits per heavy atom. The van der Waals surface area contributed by atoms with Crippen molar-refractivity contribution in [3.05, 3.63) is 24.8 Å². The summed E-state index contributed by atoms with van der Waals surface area (Å²) in [5.74, 6) is -3.28. The molecular weight excluding hydrogens is 276 g/mol. The molecule has 6 nitrogen and oxygen atoms in total. The molecule has 0 aromatic rings. The lowest BCUT2D eigenvalue weighted by molar-refractivity contribution is -0.159. The van der Waals surface area contributed by atoms with Gasteiger partial charge in [-0.1, -0.05) is 39.8 Å². The number of carbonyl (C=O) groups excluding carboxylic acids is 2. The van der Waals surface area contributed by atoms with Crippen LogP contribution in [0, 0.1) is 0 Å². The van der Waals surface area contributed by atoms with E-state index in [9.17, 15) is 19.8 Å². The first kappa shape index (κ1) is 21.6. The van der Waals surface area contributed by atoms with Gasteiger partial charge in [0.1, 0.15) is 0 Å². The monoisotopic (exact) mass is 302 g/mol. The molecule has 0 unspecified atom stereocenters. The van der Waals surface area contributed by atoms with Crippen molar-refractivity contribution >= 4 is 11.9 Å². The Kier molecular flexibility index (Phi) is 12.5. The number of hydrogen-bond acceptors (Lipinski definition) is 6. The highest BCUT2D eigenvalue weighted by molar-refractivity contribution is 5.89. The zero-order valence-electron chi connectivity index (χ0n) is 13.1. The van der Waals surface area contributed by atoms with Crippen molar-refractivity contribution in [3.8, 4) is 0 Å². The molecule has 0 aliphatic carbocycles. The highest BCUT2D eigenvalue weighted by atomic mass is 16.5. The van der Waals surface area contributed by atoms with Crippen LogP contribution in [0.2, 0.25) is 0 Å². The summed E-state index contributed by atoms with van der Waals surface area (Å²) in [6.07, 6.45) is 3.93. The van der Waals surface area contributed by atoms with Crippen LogP contribution in [-0.2, 0) is 19.1 Å². The van der Waals surface area contributed by atoms with Gasteiger partial charge in [-0.05, 0) is 6.42 Å². The van der Waals surface area contributed by atoms with Crippen LogP contribution in [0.5, 0.6) is 0 Å². The normalized spacial score (nSPS) is 9.95. The SMILES string of the molecule is C=C(C(=O)OCCCCC)C(O)(O)CC.C=CC(=O)OC. The second kappa shape index (κ2) is 12.1. The zero-order valence-corrected chi connectivity index (χ0v) is 13.1. The number of hydrogen-bond donors (Lipinski definition) is 2. The molecule has 0 atom stereocenters. The van der Waals surface area contributed by atoms with Gasteiger partial charge >= 0.3 is 11.9 Å². The van der Waals surface area contributed by atoms with Gasteiger partial charge in [0.15, 0.2) is 5.79 Å². The molecule has 21 heavy (non-hydrogen) atoms. The van der Waals surface area contributed by atoms with Crippen LogP contribution in [0.25, 0.3) is 0 Å². The molecule has 0 aliphatic rings. The maximum Gasteiger partial charge on any atom is 0.338 e. The first-order valence-electron chi connectivity index (χ1n) is 6.78.